The molecule has 4 nitrogen and oxygen atoms in total. The van der Waals surface area contributed by atoms with Crippen LogP contribution in [0.3, 0.4) is 0 Å². The SMILES string of the molecule is [CH2-][NH+]1CCN(CC(N)=O)CC1. The Morgan fingerprint density at radius 3 is 2.55 bits per heavy atom. The van der Waals surface area contributed by atoms with Gasteiger partial charge in [0.15, 0.2) is 0 Å². The summed E-state index contributed by atoms with van der Waals surface area (Å²) >= 11 is 0. The molecule has 0 aromatic carbocycles. The summed E-state index contributed by atoms with van der Waals surface area (Å²) in [6, 6.07) is 0. The van der Waals surface area contributed by atoms with Crippen LogP contribution in [0.1, 0.15) is 0 Å². The molecule has 64 valence electrons. The zero-order chi connectivity index (χ0) is 8.27. The smallest absolute Gasteiger partial charge is 0.231 e. The van der Waals surface area contributed by atoms with Crippen molar-refractivity contribution in [1.82, 2.24) is 4.90 Å². The molecule has 1 amide bonds. The first-order chi connectivity index (χ1) is 5.18. The van der Waals surface area contributed by atoms with Gasteiger partial charge in [-0.25, -0.2) is 0 Å². The van der Waals surface area contributed by atoms with Gasteiger partial charge in [0.2, 0.25) is 5.91 Å². The van der Waals surface area contributed by atoms with E-state index in [0.29, 0.717) is 6.54 Å². The molecule has 0 spiro atoms. The number of primary amides is 1. The largest absolute Gasteiger partial charge is 0.466 e. The Hall–Kier alpha value is -0.610. The third-order valence-electron chi connectivity index (χ3n) is 1.94. The number of nitrogens with one attached hydrogen (secondary N) is 1. The van der Waals surface area contributed by atoms with Crippen molar-refractivity contribution in [2.75, 3.05) is 32.7 Å². The van der Waals surface area contributed by atoms with Crippen LogP contribution in [0.5, 0.6) is 0 Å². The third-order valence-corrected chi connectivity index (χ3v) is 1.94. The maximum atomic E-state index is 10.5. The number of carbonyl (C=O) groups is 1. The van der Waals surface area contributed by atoms with Crippen LogP contribution in [-0.4, -0.2) is 43.5 Å². The van der Waals surface area contributed by atoms with Crippen molar-refractivity contribution < 1.29 is 9.69 Å². The fourth-order valence-corrected chi connectivity index (χ4v) is 1.25. The Kier molecular flexibility index (Phi) is 2.84. The highest BCUT2D eigenvalue weighted by atomic mass is 16.1. The summed E-state index contributed by atoms with van der Waals surface area (Å²) in [5.41, 5.74) is 5.05. The third kappa shape index (κ3) is 2.86. The number of piperazine rings is 1. The van der Waals surface area contributed by atoms with Crippen molar-refractivity contribution in [3.05, 3.63) is 7.05 Å². The normalized spacial score (nSPS) is 21.9. The maximum Gasteiger partial charge on any atom is 0.231 e. The summed E-state index contributed by atoms with van der Waals surface area (Å²) < 4.78 is 0. The molecular formula is C7H15N3O. The van der Waals surface area contributed by atoms with Gasteiger partial charge in [0.25, 0.3) is 0 Å². The van der Waals surface area contributed by atoms with Crippen molar-refractivity contribution in [1.29, 1.82) is 0 Å². The van der Waals surface area contributed by atoms with E-state index < -0.39 is 0 Å². The van der Waals surface area contributed by atoms with Gasteiger partial charge >= 0.3 is 0 Å². The summed E-state index contributed by atoms with van der Waals surface area (Å²) in [4.78, 5) is 13.9. The molecule has 0 radical (unpaired) electrons. The van der Waals surface area contributed by atoms with Crippen LogP contribution in [0, 0.1) is 7.05 Å². The fraction of sp³-hybridized carbons (Fsp3) is 0.714. The van der Waals surface area contributed by atoms with Crippen LogP contribution in [0.4, 0.5) is 0 Å². The Bertz CT molecular complexity index is 141. The lowest BCUT2D eigenvalue weighted by molar-refractivity contribution is -0.858. The number of rotatable bonds is 2. The molecule has 1 aliphatic rings. The lowest BCUT2D eigenvalue weighted by atomic mass is 10.3. The van der Waals surface area contributed by atoms with Crippen LogP contribution in [0.25, 0.3) is 0 Å². The molecule has 1 saturated heterocycles. The van der Waals surface area contributed by atoms with Crippen LogP contribution in [-0.2, 0) is 4.79 Å². The van der Waals surface area contributed by atoms with E-state index in [2.05, 4.69) is 11.9 Å². The lowest BCUT2D eigenvalue weighted by Crippen LogP contribution is -3.10. The minimum absolute atomic E-state index is 0.238. The highest BCUT2D eigenvalue weighted by molar-refractivity contribution is 5.75. The predicted molar refractivity (Wildman–Crippen MR) is 41.7 cm³/mol. The molecule has 0 atom stereocenters. The van der Waals surface area contributed by atoms with E-state index in [0.717, 1.165) is 26.2 Å². The number of quaternary nitrogens is 1. The van der Waals surface area contributed by atoms with Gasteiger partial charge in [-0.1, -0.05) is 0 Å². The first-order valence-electron chi connectivity index (χ1n) is 3.86. The topological polar surface area (TPSA) is 50.8 Å². The highest BCUT2D eigenvalue weighted by Gasteiger charge is 2.14. The van der Waals surface area contributed by atoms with Gasteiger partial charge in [-0.05, 0) is 0 Å². The van der Waals surface area contributed by atoms with Crippen molar-refractivity contribution in [2.24, 2.45) is 5.73 Å². The quantitative estimate of drug-likeness (QED) is 0.434. The first kappa shape index (κ1) is 8.49. The van der Waals surface area contributed by atoms with Crippen molar-refractivity contribution in [3.8, 4) is 0 Å². The fourth-order valence-electron chi connectivity index (χ4n) is 1.25. The van der Waals surface area contributed by atoms with E-state index in [9.17, 15) is 4.79 Å². The number of nitrogens with zero attached hydrogens (tertiary/aromatic N) is 1. The van der Waals surface area contributed by atoms with E-state index in [1.54, 1.807) is 0 Å². The summed E-state index contributed by atoms with van der Waals surface area (Å²) in [6.45, 7) is 4.28. The van der Waals surface area contributed by atoms with Crippen LogP contribution in [0.15, 0.2) is 0 Å². The first-order valence-corrected chi connectivity index (χ1v) is 3.86. The molecule has 0 aliphatic carbocycles. The number of nitrogens with two attached hydrogens (primary N) is 1. The second-order valence-electron chi connectivity index (χ2n) is 2.99. The minimum Gasteiger partial charge on any atom is -0.466 e. The molecule has 3 N–H and O–H groups in total. The standard InChI is InChI=1S/C7H15N3O/c1-9-2-4-10(5-3-9)6-7(8)11/h9H,1-6H2,(H2,8,11). The number of hydrogen-bond acceptors (Lipinski definition) is 2. The average Bonchev–Trinajstić information content (AvgIpc) is 1.93. The number of amides is 1. The summed E-state index contributed by atoms with van der Waals surface area (Å²) in [7, 11) is 3.88. The van der Waals surface area contributed by atoms with Gasteiger partial charge < -0.3 is 10.6 Å². The van der Waals surface area contributed by atoms with Gasteiger partial charge in [-0.3, -0.25) is 9.69 Å². The monoisotopic (exact) mass is 157 g/mol. The molecule has 0 bridgehead atoms. The molecule has 11 heavy (non-hydrogen) atoms. The molecular weight excluding hydrogens is 142 g/mol. The van der Waals surface area contributed by atoms with Crippen molar-refractivity contribution in [3.63, 3.8) is 0 Å². The predicted octanol–water partition coefficient (Wildman–Crippen LogP) is -2.54. The van der Waals surface area contributed by atoms with E-state index in [4.69, 9.17) is 5.73 Å². The molecule has 0 saturated carbocycles. The van der Waals surface area contributed by atoms with Gasteiger partial charge in [0.05, 0.1) is 19.6 Å². The minimum atomic E-state index is -0.238. The maximum absolute atomic E-state index is 10.5. The summed E-state index contributed by atoms with van der Waals surface area (Å²) in [5.74, 6) is -0.238. The molecule has 1 rings (SSSR count). The zero-order valence-electron chi connectivity index (χ0n) is 6.68. The van der Waals surface area contributed by atoms with E-state index in [1.807, 2.05) is 0 Å². The number of hydrogen-bond donors (Lipinski definition) is 2. The molecule has 0 aromatic rings. The molecule has 0 unspecified atom stereocenters. The van der Waals surface area contributed by atoms with Crippen molar-refractivity contribution >= 4 is 5.91 Å². The van der Waals surface area contributed by atoms with Gasteiger partial charge in [0, 0.05) is 13.1 Å². The lowest BCUT2D eigenvalue weighted by Gasteiger charge is -2.32. The Balaban J connectivity index is 2.22. The van der Waals surface area contributed by atoms with Crippen molar-refractivity contribution in [2.45, 2.75) is 0 Å². The van der Waals surface area contributed by atoms with Gasteiger partial charge in [-0.15, -0.1) is 0 Å². The number of carbonyl (C=O) groups excluding carboxylic acids is 1. The Labute approximate surface area is 66.9 Å². The Morgan fingerprint density at radius 2 is 2.09 bits per heavy atom. The molecule has 0 aromatic heterocycles. The van der Waals surface area contributed by atoms with E-state index >= 15 is 0 Å². The molecule has 1 heterocycles. The second kappa shape index (κ2) is 3.69. The zero-order valence-corrected chi connectivity index (χ0v) is 6.68. The van der Waals surface area contributed by atoms with Crippen LogP contribution >= 0.6 is 0 Å². The van der Waals surface area contributed by atoms with E-state index in [1.165, 1.54) is 4.90 Å². The molecule has 4 heteroatoms. The molecule has 1 aliphatic heterocycles. The summed E-state index contributed by atoms with van der Waals surface area (Å²) in [6.07, 6.45) is 0. The summed E-state index contributed by atoms with van der Waals surface area (Å²) in [5, 5.41) is 0. The molecule has 1 fully saturated rings. The van der Waals surface area contributed by atoms with E-state index in [-0.39, 0.29) is 5.91 Å². The van der Waals surface area contributed by atoms with Crippen LogP contribution in [0.2, 0.25) is 0 Å². The average molecular weight is 157 g/mol. The highest BCUT2D eigenvalue weighted by Crippen LogP contribution is 1.86. The van der Waals surface area contributed by atoms with Gasteiger partial charge in [0.1, 0.15) is 0 Å². The Morgan fingerprint density at radius 1 is 1.55 bits per heavy atom. The second-order valence-corrected chi connectivity index (χ2v) is 2.99. The van der Waals surface area contributed by atoms with Crippen LogP contribution < -0.4 is 10.6 Å². The van der Waals surface area contributed by atoms with Gasteiger partial charge in [-0.2, -0.15) is 7.05 Å².